The van der Waals surface area contributed by atoms with E-state index in [1.54, 1.807) is 0 Å². The highest BCUT2D eigenvalue weighted by atomic mass is 15.1. The van der Waals surface area contributed by atoms with Gasteiger partial charge in [0.2, 0.25) is 0 Å². The van der Waals surface area contributed by atoms with E-state index in [9.17, 15) is 0 Å². The van der Waals surface area contributed by atoms with Crippen LogP contribution >= 0.6 is 0 Å². The molecule has 1 nitrogen and oxygen atoms in total. The Balaban J connectivity index is 2.19. The second-order valence-electron chi connectivity index (χ2n) is 4.18. The van der Waals surface area contributed by atoms with Crippen LogP contribution in [0.1, 0.15) is 33.6 Å². The van der Waals surface area contributed by atoms with Gasteiger partial charge in [-0.1, -0.05) is 20.8 Å². The van der Waals surface area contributed by atoms with Crippen LogP contribution in [0.15, 0.2) is 0 Å². The van der Waals surface area contributed by atoms with Crippen LogP contribution in [0, 0.1) is 11.8 Å². The molecule has 1 heterocycles. The Bertz CT molecular complexity index is 109. The first-order chi connectivity index (χ1) is 5.22. The van der Waals surface area contributed by atoms with Crippen LogP contribution in [-0.4, -0.2) is 24.5 Å². The van der Waals surface area contributed by atoms with Gasteiger partial charge in [0.1, 0.15) is 0 Å². The average molecular weight is 155 g/mol. The molecule has 66 valence electrons. The van der Waals surface area contributed by atoms with Crippen LogP contribution in [0.5, 0.6) is 0 Å². The Labute approximate surface area is 70.8 Å². The Morgan fingerprint density at radius 1 is 1.45 bits per heavy atom. The Hall–Kier alpha value is -0.0400. The van der Waals surface area contributed by atoms with E-state index in [-0.39, 0.29) is 0 Å². The monoisotopic (exact) mass is 155 g/mol. The lowest BCUT2D eigenvalue weighted by molar-refractivity contribution is 0.327. The summed E-state index contributed by atoms with van der Waals surface area (Å²) in [5.74, 6) is 1.88. The lowest BCUT2D eigenvalue weighted by Crippen LogP contribution is -2.20. The van der Waals surface area contributed by atoms with Gasteiger partial charge in [-0.3, -0.25) is 0 Å². The van der Waals surface area contributed by atoms with Crippen LogP contribution < -0.4 is 0 Å². The van der Waals surface area contributed by atoms with E-state index in [1.807, 2.05) is 0 Å². The van der Waals surface area contributed by atoms with Gasteiger partial charge >= 0.3 is 0 Å². The summed E-state index contributed by atoms with van der Waals surface area (Å²) in [5, 5.41) is 0. The smallest absolute Gasteiger partial charge is 0.00101 e. The second-order valence-corrected chi connectivity index (χ2v) is 4.18. The Kier molecular flexibility index (Phi) is 3.38. The highest BCUT2D eigenvalue weighted by Gasteiger charge is 2.21. The summed E-state index contributed by atoms with van der Waals surface area (Å²) in [6, 6.07) is 0. The van der Waals surface area contributed by atoms with Crippen LogP contribution in [0.25, 0.3) is 0 Å². The largest absolute Gasteiger partial charge is 0.303 e. The predicted octanol–water partition coefficient (Wildman–Crippen LogP) is 2.37. The highest BCUT2D eigenvalue weighted by Crippen LogP contribution is 2.22. The topological polar surface area (TPSA) is 3.24 Å². The third kappa shape index (κ3) is 2.82. The first-order valence-corrected chi connectivity index (χ1v) is 4.94. The summed E-state index contributed by atoms with van der Waals surface area (Å²) >= 11 is 0. The van der Waals surface area contributed by atoms with Crippen LogP contribution in [0.3, 0.4) is 0 Å². The van der Waals surface area contributed by atoms with Crippen molar-refractivity contribution in [2.75, 3.05) is 19.6 Å². The standard InChI is InChI=1S/C10H21N/c1-4-11-6-5-10(8-11)7-9(2)3/h9-10H,4-8H2,1-3H3/t10-/m1/s1. The molecule has 1 saturated heterocycles. The van der Waals surface area contributed by atoms with E-state index < -0.39 is 0 Å². The molecule has 1 atom stereocenters. The fourth-order valence-electron chi connectivity index (χ4n) is 2.06. The van der Waals surface area contributed by atoms with Crippen molar-refractivity contribution in [3.8, 4) is 0 Å². The molecule has 0 N–H and O–H groups in total. The molecule has 0 amide bonds. The van der Waals surface area contributed by atoms with Crippen molar-refractivity contribution in [2.45, 2.75) is 33.6 Å². The molecular formula is C10H21N. The van der Waals surface area contributed by atoms with Gasteiger partial charge in [-0.2, -0.15) is 0 Å². The van der Waals surface area contributed by atoms with Crippen LogP contribution in [0.2, 0.25) is 0 Å². The van der Waals surface area contributed by atoms with E-state index in [0.29, 0.717) is 0 Å². The second kappa shape index (κ2) is 4.10. The van der Waals surface area contributed by atoms with E-state index >= 15 is 0 Å². The van der Waals surface area contributed by atoms with Gasteiger partial charge < -0.3 is 4.90 Å². The molecule has 0 aliphatic carbocycles. The van der Waals surface area contributed by atoms with Crippen LogP contribution in [0.4, 0.5) is 0 Å². The number of rotatable bonds is 3. The normalized spacial score (nSPS) is 26.7. The zero-order valence-electron chi connectivity index (χ0n) is 8.14. The minimum atomic E-state index is 0.886. The van der Waals surface area contributed by atoms with Crippen LogP contribution in [-0.2, 0) is 0 Å². The molecule has 1 rings (SSSR count). The van der Waals surface area contributed by atoms with Crippen molar-refractivity contribution < 1.29 is 0 Å². The van der Waals surface area contributed by atoms with Gasteiger partial charge in [0.05, 0.1) is 0 Å². The molecule has 1 aliphatic rings. The van der Waals surface area contributed by atoms with Crippen molar-refractivity contribution >= 4 is 0 Å². The molecule has 0 aromatic heterocycles. The van der Waals surface area contributed by atoms with Gasteiger partial charge in [0, 0.05) is 6.54 Å². The van der Waals surface area contributed by atoms with Gasteiger partial charge in [0.15, 0.2) is 0 Å². The molecular weight excluding hydrogens is 134 g/mol. The summed E-state index contributed by atoms with van der Waals surface area (Å²) in [6.45, 7) is 10.9. The van der Waals surface area contributed by atoms with Crippen molar-refractivity contribution in [3.63, 3.8) is 0 Å². The average Bonchev–Trinajstić information content (AvgIpc) is 2.34. The van der Waals surface area contributed by atoms with Crippen molar-refractivity contribution in [1.82, 2.24) is 4.90 Å². The number of hydrogen-bond donors (Lipinski definition) is 0. The molecule has 1 fully saturated rings. The zero-order valence-corrected chi connectivity index (χ0v) is 8.14. The first-order valence-electron chi connectivity index (χ1n) is 4.94. The van der Waals surface area contributed by atoms with Gasteiger partial charge in [0.25, 0.3) is 0 Å². The maximum Gasteiger partial charge on any atom is 0.00101 e. The first kappa shape index (κ1) is 9.05. The molecule has 0 saturated carbocycles. The molecule has 11 heavy (non-hydrogen) atoms. The SMILES string of the molecule is CCN1CC[C@H](CC(C)C)C1. The summed E-state index contributed by atoms with van der Waals surface area (Å²) in [5.41, 5.74) is 0. The molecule has 0 aromatic rings. The Morgan fingerprint density at radius 2 is 2.18 bits per heavy atom. The molecule has 1 aliphatic heterocycles. The zero-order chi connectivity index (χ0) is 8.27. The third-order valence-electron chi connectivity index (χ3n) is 2.62. The number of nitrogens with zero attached hydrogens (tertiary/aromatic N) is 1. The highest BCUT2D eigenvalue weighted by molar-refractivity contribution is 4.75. The van der Waals surface area contributed by atoms with Crippen molar-refractivity contribution in [1.29, 1.82) is 0 Å². The number of likely N-dealkylation sites (tertiary alicyclic amines) is 1. The summed E-state index contributed by atoms with van der Waals surface area (Å²) < 4.78 is 0. The minimum absolute atomic E-state index is 0.886. The van der Waals surface area contributed by atoms with E-state index in [0.717, 1.165) is 11.8 Å². The summed E-state index contributed by atoms with van der Waals surface area (Å²) in [6.07, 6.45) is 2.86. The lowest BCUT2D eigenvalue weighted by atomic mass is 9.97. The molecule has 0 unspecified atom stereocenters. The summed E-state index contributed by atoms with van der Waals surface area (Å²) in [4.78, 5) is 2.56. The number of hydrogen-bond acceptors (Lipinski definition) is 1. The van der Waals surface area contributed by atoms with Gasteiger partial charge in [-0.15, -0.1) is 0 Å². The van der Waals surface area contributed by atoms with E-state index in [1.165, 1.54) is 32.5 Å². The maximum atomic E-state index is 2.56. The molecule has 1 heteroatoms. The van der Waals surface area contributed by atoms with Gasteiger partial charge in [-0.05, 0) is 37.8 Å². The quantitative estimate of drug-likeness (QED) is 0.605. The lowest BCUT2D eigenvalue weighted by Gasteiger charge is -2.14. The van der Waals surface area contributed by atoms with Gasteiger partial charge in [-0.25, -0.2) is 0 Å². The minimum Gasteiger partial charge on any atom is -0.303 e. The molecule has 0 aromatic carbocycles. The fraction of sp³-hybridized carbons (Fsp3) is 1.00. The van der Waals surface area contributed by atoms with Crippen molar-refractivity contribution in [3.05, 3.63) is 0 Å². The summed E-state index contributed by atoms with van der Waals surface area (Å²) in [7, 11) is 0. The third-order valence-corrected chi connectivity index (χ3v) is 2.62. The molecule has 0 radical (unpaired) electrons. The predicted molar refractivity (Wildman–Crippen MR) is 49.7 cm³/mol. The van der Waals surface area contributed by atoms with Crippen molar-refractivity contribution in [2.24, 2.45) is 11.8 Å². The maximum absolute atomic E-state index is 2.56. The van der Waals surface area contributed by atoms with E-state index in [2.05, 4.69) is 25.7 Å². The molecule has 0 spiro atoms. The fourth-order valence-corrected chi connectivity index (χ4v) is 2.06. The molecule has 0 bridgehead atoms. The van der Waals surface area contributed by atoms with E-state index in [4.69, 9.17) is 0 Å². The Morgan fingerprint density at radius 3 is 2.64 bits per heavy atom.